The van der Waals surface area contributed by atoms with Crippen LogP contribution in [0, 0.1) is 0 Å². The van der Waals surface area contributed by atoms with Crippen LogP contribution in [-0.2, 0) is 5.60 Å². The third kappa shape index (κ3) is 2.22. The first kappa shape index (κ1) is 14.6. The minimum Gasteiger partial charge on any atom is -0.481 e. The highest BCUT2D eigenvalue weighted by molar-refractivity contribution is 5.23. The monoisotopic (exact) mass is 275 g/mol. The molecule has 9 heteroatoms. The lowest BCUT2D eigenvalue weighted by molar-refractivity contribution is -0.377. The Kier molecular flexibility index (Phi) is 3.48. The van der Waals surface area contributed by atoms with E-state index in [4.69, 9.17) is 5.11 Å². The van der Waals surface area contributed by atoms with Gasteiger partial charge < -0.3 is 9.84 Å². The van der Waals surface area contributed by atoms with E-state index in [1.807, 2.05) is 0 Å². The number of pyridine rings is 1. The maximum Gasteiger partial charge on any atom is 0.432 e. The SMILES string of the molecule is COc1cccc(C(O)(C(F)(F)F)C(F)(F)F)n1. The molecule has 1 aromatic heterocycles. The smallest absolute Gasteiger partial charge is 0.432 e. The molecule has 0 atom stereocenters. The molecule has 1 heterocycles. The van der Waals surface area contributed by atoms with Crippen molar-refractivity contribution < 1.29 is 36.2 Å². The standard InChI is InChI=1S/C9H7F6NO2/c1-18-6-4-2-3-5(16-6)7(17,8(10,11)12)9(13,14)15/h2-4,17H,1H3. The highest BCUT2D eigenvalue weighted by Crippen LogP contribution is 2.49. The highest BCUT2D eigenvalue weighted by Gasteiger charge is 2.72. The van der Waals surface area contributed by atoms with E-state index in [9.17, 15) is 26.3 Å². The fourth-order valence-corrected chi connectivity index (χ4v) is 1.18. The molecule has 0 aliphatic heterocycles. The van der Waals surface area contributed by atoms with Crippen molar-refractivity contribution >= 4 is 0 Å². The Morgan fingerprint density at radius 3 is 1.94 bits per heavy atom. The van der Waals surface area contributed by atoms with Crippen LogP contribution in [0.4, 0.5) is 26.3 Å². The number of halogens is 6. The molecule has 0 saturated heterocycles. The second-order valence-corrected chi connectivity index (χ2v) is 3.27. The molecule has 0 unspecified atom stereocenters. The molecule has 0 saturated carbocycles. The number of hydrogen-bond donors (Lipinski definition) is 1. The Bertz CT molecular complexity index is 414. The van der Waals surface area contributed by atoms with Crippen LogP contribution < -0.4 is 4.74 Å². The van der Waals surface area contributed by atoms with Crippen LogP contribution in [0.25, 0.3) is 0 Å². The molecule has 0 bridgehead atoms. The molecule has 18 heavy (non-hydrogen) atoms. The van der Waals surface area contributed by atoms with Crippen molar-refractivity contribution in [1.29, 1.82) is 0 Å². The number of ether oxygens (including phenoxy) is 1. The van der Waals surface area contributed by atoms with E-state index in [0.717, 1.165) is 19.2 Å². The Morgan fingerprint density at radius 1 is 1.06 bits per heavy atom. The van der Waals surface area contributed by atoms with Crippen LogP contribution in [-0.4, -0.2) is 29.6 Å². The van der Waals surface area contributed by atoms with Gasteiger partial charge in [0.2, 0.25) is 5.88 Å². The Morgan fingerprint density at radius 2 is 1.56 bits per heavy atom. The van der Waals surface area contributed by atoms with Crippen LogP contribution in [0.1, 0.15) is 5.69 Å². The van der Waals surface area contributed by atoms with E-state index < -0.39 is 29.5 Å². The van der Waals surface area contributed by atoms with E-state index in [-0.39, 0.29) is 0 Å². The van der Waals surface area contributed by atoms with Gasteiger partial charge in [-0.15, -0.1) is 0 Å². The van der Waals surface area contributed by atoms with Crippen molar-refractivity contribution in [3.8, 4) is 5.88 Å². The largest absolute Gasteiger partial charge is 0.481 e. The van der Waals surface area contributed by atoms with E-state index >= 15 is 0 Å². The molecule has 0 spiro atoms. The summed E-state index contributed by atoms with van der Waals surface area (Å²) >= 11 is 0. The summed E-state index contributed by atoms with van der Waals surface area (Å²) in [5, 5.41) is 9.01. The molecule has 0 fully saturated rings. The van der Waals surface area contributed by atoms with Gasteiger partial charge in [0.1, 0.15) is 0 Å². The maximum atomic E-state index is 12.5. The quantitative estimate of drug-likeness (QED) is 0.843. The number of aromatic nitrogens is 1. The van der Waals surface area contributed by atoms with Gasteiger partial charge in [0, 0.05) is 6.07 Å². The summed E-state index contributed by atoms with van der Waals surface area (Å²) in [7, 11) is 1.02. The van der Waals surface area contributed by atoms with Gasteiger partial charge in [-0.2, -0.15) is 26.3 Å². The van der Waals surface area contributed by atoms with Crippen molar-refractivity contribution in [2.24, 2.45) is 0 Å². The lowest BCUT2D eigenvalue weighted by Gasteiger charge is -2.31. The number of nitrogens with zero attached hydrogens (tertiary/aromatic N) is 1. The average molecular weight is 275 g/mol. The van der Waals surface area contributed by atoms with Gasteiger partial charge in [0.15, 0.2) is 0 Å². The minimum absolute atomic E-state index is 0.420. The topological polar surface area (TPSA) is 42.4 Å². The summed E-state index contributed by atoms with van der Waals surface area (Å²) in [4.78, 5) is 2.98. The molecular weight excluding hydrogens is 268 g/mol. The van der Waals surface area contributed by atoms with Crippen molar-refractivity contribution in [1.82, 2.24) is 4.98 Å². The van der Waals surface area contributed by atoms with Crippen LogP contribution in [0.5, 0.6) is 5.88 Å². The fourth-order valence-electron chi connectivity index (χ4n) is 1.18. The van der Waals surface area contributed by atoms with E-state index in [1.54, 1.807) is 0 Å². The number of hydrogen-bond acceptors (Lipinski definition) is 3. The second kappa shape index (κ2) is 4.30. The summed E-state index contributed by atoms with van der Waals surface area (Å²) in [5.74, 6) is -0.473. The number of rotatable bonds is 2. The zero-order chi connectivity index (χ0) is 14.2. The molecule has 1 rings (SSSR count). The van der Waals surface area contributed by atoms with E-state index in [0.29, 0.717) is 6.07 Å². The van der Waals surface area contributed by atoms with Crippen molar-refractivity contribution in [2.45, 2.75) is 18.0 Å². The second-order valence-electron chi connectivity index (χ2n) is 3.27. The molecule has 0 amide bonds. The molecule has 1 N–H and O–H groups in total. The molecule has 0 radical (unpaired) electrons. The van der Waals surface area contributed by atoms with Crippen LogP contribution in [0.3, 0.4) is 0 Å². The van der Waals surface area contributed by atoms with Crippen LogP contribution in [0.2, 0.25) is 0 Å². The third-order valence-corrected chi connectivity index (χ3v) is 2.12. The Hall–Kier alpha value is -1.51. The molecule has 0 aliphatic rings. The van der Waals surface area contributed by atoms with Crippen molar-refractivity contribution in [3.05, 3.63) is 23.9 Å². The summed E-state index contributed by atoms with van der Waals surface area (Å²) in [5.41, 5.74) is -6.63. The first-order valence-corrected chi connectivity index (χ1v) is 4.41. The predicted molar refractivity (Wildman–Crippen MR) is 46.8 cm³/mol. The number of alkyl halides is 6. The zero-order valence-electron chi connectivity index (χ0n) is 8.80. The van der Waals surface area contributed by atoms with Gasteiger partial charge in [-0.25, -0.2) is 4.98 Å². The molecule has 3 nitrogen and oxygen atoms in total. The third-order valence-electron chi connectivity index (χ3n) is 2.12. The number of aliphatic hydroxyl groups is 1. The average Bonchev–Trinajstić information content (AvgIpc) is 2.25. The van der Waals surface area contributed by atoms with Gasteiger partial charge in [-0.3, -0.25) is 0 Å². The zero-order valence-corrected chi connectivity index (χ0v) is 8.80. The first-order valence-electron chi connectivity index (χ1n) is 4.41. The molecule has 0 aliphatic carbocycles. The van der Waals surface area contributed by atoms with E-state index in [2.05, 4.69) is 9.72 Å². The fraction of sp³-hybridized carbons (Fsp3) is 0.444. The molecular formula is C9H7F6NO2. The van der Waals surface area contributed by atoms with Gasteiger partial charge >= 0.3 is 12.4 Å². The van der Waals surface area contributed by atoms with Crippen molar-refractivity contribution in [3.63, 3.8) is 0 Å². The normalized spacial score (nSPS) is 13.6. The Balaban J connectivity index is 3.45. The highest BCUT2D eigenvalue weighted by atomic mass is 19.4. The molecule has 0 aromatic carbocycles. The first-order chi connectivity index (χ1) is 8.04. The minimum atomic E-state index is -5.95. The summed E-state index contributed by atoms with van der Waals surface area (Å²) in [6, 6.07) is 2.34. The van der Waals surface area contributed by atoms with Crippen molar-refractivity contribution in [2.75, 3.05) is 7.11 Å². The number of methoxy groups -OCH3 is 1. The Labute approximate surface area is 97.0 Å². The van der Waals surface area contributed by atoms with Gasteiger partial charge in [0.05, 0.1) is 12.8 Å². The lowest BCUT2D eigenvalue weighted by atomic mass is 9.97. The maximum absolute atomic E-state index is 12.5. The summed E-state index contributed by atoms with van der Waals surface area (Å²) < 4.78 is 79.2. The van der Waals surface area contributed by atoms with Crippen LogP contribution >= 0.6 is 0 Å². The van der Waals surface area contributed by atoms with Gasteiger partial charge in [-0.1, -0.05) is 6.07 Å². The lowest BCUT2D eigenvalue weighted by Crippen LogP contribution is -2.54. The summed E-state index contributed by atoms with van der Waals surface area (Å²) in [6.45, 7) is 0. The predicted octanol–water partition coefficient (Wildman–Crippen LogP) is 2.40. The van der Waals surface area contributed by atoms with Crippen LogP contribution in [0.15, 0.2) is 18.2 Å². The summed E-state index contributed by atoms with van der Waals surface area (Å²) in [6.07, 6.45) is -11.9. The van der Waals surface area contributed by atoms with Gasteiger partial charge in [-0.05, 0) is 6.07 Å². The van der Waals surface area contributed by atoms with Gasteiger partial charge in [0.25, 0.3) is 5.60 Å². The molecule has 1 aromatic rings. The molecule has 102 valence electrons. The van der Waals surface area contributed by atoms with E-state index in [1.165, 1.54) is 0 Å².